The van der Waals surface area contributed by atoms with Gasteiger partial charge in [0.05, 0.1) is 18.8 Å². The monoisotopic (exact) mass is 491 g/mol. The summed E-state index contributed by atoms with van der Waals surface area (Å²) in [4.78, 5) is 12.1. The van der Waals surface area contributed by atoms with Crippen molar-refractivity contribution < 1.29 is 15.0 Å². The van der Waals surface area contributed by atoms with Gasteiger partial charge in [-0.25, -0.2) is 0 Å². The maximum Gasteiger partial charge on any atom is 0.220 e. The summed E-state index contributed by atoms with van der Waals surface area (Å²) >= 11 is 0. The summed E-state index contributed by atoms with van der Waals surface area (Å²) in [5.41, 5.74) is 0. The van der Waals surface area contributed by atoms with Crippen LogP contribution in [0.4, 0.5) is 0 Å². The lowest BCUT2D eigenvalue weighted by Crippen LogP contribution is -2.45. The van der Waals surface area contributed by atoms with Crippen molar-refractivity contribution in [3.8, 4) is 0 Å². The molecule has 0 aliphatic rings. The van der Waals surface area contributed by atoms with E-state index in [0.717, 1.165) is 38.5 Å². The normalized spacial score (nSPS) is 13.8. The van der Waals surface area contributed by atoms with E-state index >= 15 is 0 Å². The van der Waals surface area contributed by atoms with Crippen LogP contribution in [-0.4, -0.2) is 34.9 Å². The van der Waals surface area contributed by atoms with Crippen molar-refractivity contribution in [3.63, 3.8) is 0 Å². The van der Waals surface area contributed by atoms with Crippen molar-refractivity contribution in [3.05, 3.63) is 36.5 Å². The third-order valence-electron chi connectivity index (χ3n) is 6.35. The van der Waals surface area contributed by atoms with Gasteiger partial charge in [-0.15, -0.1) is 0 Å². The minimum Gasteiger partial charge on any atom is -0.394 e. The number of hydrogen-bond acceptors (Lipinski definition) is 3. The molecule has 4 nitrogen and oxygen atoms in total. The Balaban J connectivity index is 3.76. The lowest BCUT2D eigenvalue weighted by Gasteiger charge is -2.19. The summed E-state index contributed by atoms with van der Waals surface area (Å²) in [6.07, 6.45) is 33.7. The molecule has 0 saturated heterocycles. The zero-order chi connectivity index (χ0) is 25.8. The van der Waals surface area contributed by atoms with E-state index in [0.29, 0.717) is 6.42 Å². The fourth-order valence-corrected chi connectivity index (χ4v) is 4.03. The van der Waals surface area contributed by atoms with Crippen LogP contribution in [0.1, 0.15) is 136 Å². The van der Waals surface area contributed by atoms with Crippen LogP contribution in [0.2, 0.25) is 0 Å². The van der Waals surface area contributed by atoms with E-state index in [1.807, 2.05) is 6.08 Å². The van der Waals surface area contributed by atoms with Crippen LogP contribution in [0.5, 0.6) is 0 Å². The molecule has 0 spiro atoms. The third kappa shape index (κ3) is 24.1. The fourth-order valence-electron chi connectivity index (χ4n) is 4.03. The maximum atomic E-state index is 12.1. The molecule has 0 radical (unpaired) electrons. The Kier molecular flexibility index (Phi) is 26.1. The molecule has 2 unspecified atom stereocenters. The van der Waals surface area contributed by atoms with E-state index in [4.69, 9.17) is 0 Å². The Morgan fingerprint density at radius 1 is 0.657 bits per heavy atom. The van der Waals surface area contributed by atoms with Gasteiger partial charge in [-0.05, 0) is 44.9 Å². The third-order valence-corrected chi connectivity index (χ3v) is 6.35. The molecule has 0 rings (SSSR count). The number of carbonyl (C=O) groups excluding carboxylic acids is 1. The highest BCUT2D eigenvalue weighted by Gasteiger charge is 2.17. The molecule has 35 heavy (non-hydrogen) atoms. The van der Waals surface area contributed by atoms with E-state index in [1.54, 1.807) is 6.08 Å². The highest BCUT2D eigenvalue weighted by atomic mass is 16.3. The van der Waals surface area contributed by atoms with E-state index in [9.17, 15) is 15.0 Å². The molecule has 0 aromatic carbocycles. The number of unbranched alkanes of at least 4 members (excludes halogenated alkanes) is 14. The van der Waals surface area contributed by atoms with Crippen LogP contribution in [0.25, 0.3) is 0 Å². The van der Waals surface area contributed by atoms with Crippen LogP contribution >= 0.6 is 0 Å². The standard InChI is InChI=1S/C31H57NO3/c1-3-5-7-9-11-12-13-14-15-16-17-18-19-20-21-22-24-26-30(34)29(28-33)32-31(35)27-25-23-10-8-6-4-2/h15-16,19-20,24,26,29-30,33-34H,3-14,17-18,21-23,25,27-28H2,1-2H3,(H,32,35)/b16-15+,20-19+,26-24+. The predicted molar refractivity (Wildman–Crippen MR) is 152 cm³/mol. The Morgan fingerprint density at radius 3 is 1.66 bits per heavy atom. The first-order valence-electron chi connectivity index (χ1n) is 14.7. The largest absolute Gasteiger partial charge is 0.394 e. The second-order valence-corrected chi connectivity index (χ2v) is 9.80. The van der Waals surface area contributed by atoms with Gasteiger partial charge in [-0.3, -0.25) is 4.79 Å². The molecule has 0 heterocycles. The first-order chi connectivity index (χ1) is 17.2. The average Bonchev–Trinajstić information content (AvgIpc) is 2.86. The molecule has 0 bridgehead atoms. The summed E-state index contributed by atoms with van der Waals surface area (Å²) in [7, 11) is 0. The predicted octanol–water partition coefficient (Wildman–Crippen LogP) is 7.94. The summed E-state index contributed by atoms with van der Waals surface area (Å²) in [6.45, 7) is 4.19. The van der Waals surface area contributed by atoms with Gasteiger partial charge in [-0.2, -0.15) is 0 Å². The molecule has 0 aliphatic heterocycles. The zero-order valence-electron chi connectivity index (χ0n) is 23.1. The van der Waals surface area contributed by atoms with Gasteiger partial charge in [-0.1, -0.05) is 121 Å². The van der Waals surface area contributed by atoms with E-state index in [1.165, 1.54) is 77.0 Å². The van der Waals surface area contributed by atoms with Crippen molar-refractivity contribution >= 4 is 5.91 Å². The quantitative estimate of drug-likeness (QED) is 0.0896. The van der Waals surface area contributed by atoms with Gasteiger partial charge in [0.2, 0.25) is 5.91 Å². The van der Waals surface area contributed by atoms with Gasteiger partial charge in [0.15, 0.2) is 0 Å². The van der Waals surface area contributed by atoms with Gasteiger partial charge in [0, 0.05) is 6.42 Å². The molecule has 3 N–H and O–H groups in total. The number of rotatable bonds is 25. The number of carbonyl (C=O) groups is 1. The molecular formula is C31H57NO3. The Bertz CT molecular complexity index is 541. The van der Waals surface area contributed by atoms with Crippen LogP contribution in [0, 0.1) is 0 Å². The summed E-state index contributed by atoms with van der Waals surface area (Å²) < 4.78 is 0. The second-order valence-electron chi connectivity index (χ2n) is 9.80. The number of amides is 1. The molecule has 2 atom stereocenters. The summed E-state index contributed by atoms with van der Waals surface area (Å²) in [6, 6.07) is -0.637. The Hall–Kier alpha value is -1.39. The Labute approximate surface area is 217 Å². The first-order valence-corrected chi connectivity index (χ1v) is 14.7. The zero-order valence-corrected chi connectivity index (χ0v) is 23.1. The SMILES string of the molecule is CCCCCCCCC/C=C/CC/C=C/CC/C=C/C(O)C(CO)NC(=O)CCCCCCCC. The van der Waals surface area contributed by atoms with Gasteiger partial charge >= 0.3 is 0 Å². The highest BCUT2D eigenvalue weighted by molar-refractivity contribution is 5.76. The van der Waals surface area contributed by atoms with Crippen molar-refractivity contribution in [1.29, 1.82) is 0 Å². The molecule has 0 fully saturated rings. The van der Waals surface area contributed by atoms with E-state index in [2.05, 4.69) is 43.5 Å². The lowest BCUT2D eigenvalue weighted by atomic mass is 10.1. The summed E-state index contributed by atoms with van der Waals surface area (Å²) in [5, 5.41) is 22.6. The second kappa shape index (κ2) is 27.2. The van der Waals surface area contributed by atoms with Crippen molar-refractivity contribution in [2.75, 3.05) is 6.61 Å². The molecule has 0 saturated carbocycles. The van der Waals surface area contributed by atoms with Crippen LogP contribution in [0.15, 0.2) is 36.5 Å². The van der Waals surface area contributed by atoms with Crippen LogP contribution in [0.3, 0.4) is 0 Å². The topological polar surface area (TPSA) is 69.6 Å². The van der Waals surface area contributed by atoms with Gasteiger partial charge < -0.3 is 15.5 Å². The minimum absolute atomic E-state index is 0.0913. The van der Waals surface area contributed by atoms with Crippen molar-refractivity contribution in [2.45, 2.75) is 148 Å². The lowest BCUT2D eigenvalue weighted by molar-refractivity contribution is -0.123. The molecule has 4 heteroatoms. The van der Waals surface area contributed by atoms with Crippen molar-refractivity contribution in [1.82, 2.24) is 5.32 Å². The first kappa shape index (κ1) is 33.6. The van der Waals surface area contributed by atoms with E-state index in [-0.39, 0.29) is 12.5 Å². The minimum atomic E-state index is -0.862. The number of nitrogens with one attached hydrogen (secondary N) is 1. The van der Waals surface area contributed by atoms with Crippen LogP contribution < -0.4 is 5.32 Å². The summed E-state index contributed by atoms with van der Waals surface area (Å²) in [5.74, 6) is -0.0913. The molecule has 0 aliphatic carbocycles. The molecule has 204 valence electrons. The average molecular weight is 492 g/mol. The number of aliphatic hydroxyl groups is 2. The molecular weight excluding hydrogens is 434 g/mol. The van der Waals surface area contributed by atoms with Crippen LogP contribution in [-0.2, 0) is 4.79 Å². The highest BCUT2D eigenvalue weighted by Crippen LogP contribution is 2.09. The number of allylic oxidation sites excluding steroid dienone is 5. The Morgan fingerprint density at radius 2 is 1.11 bits per heavy atom. The fraction of sp³-hybridized carbons (Fsp3) is 0.774. The smallest absolute Gasteiger partial charge is 0.220 e. The molecule has 1 amide bonds. The number of aliphatic hydroxyl groups excluding tert-OH is 2. The van der Waals surface area contributed by atoms with E-state index < -0.39 is 12.1 Å². The van der Waals surface area contributed by atoms with Gasteiger partial charge in [0.1, 0.15) is 0 Å². The van der Waals surface area contributed by atoms with Crippen molar-refractivity contribution in [2.24, 2.45) is 0 Å². The molecule has 0 aromatic rings. The van der Waals surface area contributed by atoms with Gasteiger partial charge in [0.25, 0.3) is 0 Å². The number of hydrogen-bond donors (Lipinski definition) is 3. The molecule has 0 aromatic heterocycles. The maximum absolute atomic E-state index is 12.1.